The third-order valence-corrected chi connectivity index (χ3v) is 4.07. The first-order valence-electron chi connectivity index (χ1n) is 6.87. The number of hydrogen-bond acceptors (Lipinski definition) is 2. The van der Waals surface area contributed by atoms with Gasteiger partial charge >= 0.3 is 0 Å². The maximum atomic E-state index is 5.71. The van der Waals surface area contributed by atoms with Crippen molar-refractivity contribution in [1.29, 1.82) is 0 Å². The van der Waals surface area contributed by atoms with Gasteiger partial charge in [-0.2, -0.15) is 0 Å². The van der Waals surface area contributed by atoms with Crippen LogP contribution in [0.15, 0.2) is 24.3 Å². The van der Waals surface area contributed by atoms with Crippen molar-refractivity contribution in [3.05, 3.63) is 35.4 Å². The van der Waals surface area contributed by atoms with Crippen molar-refractivity contribution in [1.82, 2.24) is 5.43 Å². The minimum atomic E-state index is 0.449. The first-order chi connectivity index (χ1) is 8.33. The average Bonchev–Trinajstić information content (AvgIpc) is 2.90. The molecule has 94 valence electrons. The minimum absolute atomic E-state index is 0.449. The molecule has 0 aliphatic heterocycles. The Morgan fingerprint density at radius 1 is 1.18 bits per heavy atom. The van der Waals surface area contributed by atoms with Gasteiger partial charge in [-0.3, -0.25) is 11.3 Å². The normalized spacial score (nSPS) is 18.5. The number of nitrogens with one attached hydrogen (secondary N) is 1. The topological polar surface area (TPSA) is 38.0 Å². The molecule has 2 nitrogen and oxygen atoms in total. The fourth-order valence-corrected chi connectivity index (χ4v) is 2.89. The molecule has 0 saturated heterocycles. The van der Waals surface area contributed by atoms with Gasteiger partial charge in [-0.1, -0.05) is 44.0 Å². The van der Waals surface area contributed by atoms with Crippen LogP contribution in [0.25, 0.3) is 0 Å². The molecular formula is C15H24N2. The van der Waals surface area contributed by atoms with Gasteiger partial charge in [0, 0.05) is 6.04 Å². The van der Waals surface area contributed by atoms with Gasteiger partial charge in [0.2, 0.25) is 0 Å². The highest BCUT2D eigenvalue weighted by atomic mass is 15.2. The van der Waals surface area contributed by atoms with Crippen LogP contribution >= 0.6 is 0 Å². The molecule has 1 aromatic carbocycles. The smallest absolute Gasteiger partial charge is 0.0279 e. The van der Waals surface area contributed by atoms with E-state index < -0.39 is 0 Å². The summed E-state index contributed by atoms with van der Waals surface area (Å²) in [6.45, 7) is 2.19. The van der Waals surface area contributed by atoms with Crippen LogP contribution < -0.4 is 11.3 Å². The summed E-state index contributed by atoms with van der Waals surface area (Å²) in [4.78, 5) is 0. The van der Waals surface area contributed by atoms with Crippen molar-refractivity contribution in [3.8, 4) is 0 Å². The highest BCUT2D eigenvalue weighted by Gasteiger charge is 2.24. The van der Waals surface area contributed by atoms with Crippen LogP contribution in [-0.4, -0.2) is 6.04 Å². The molecule has 1 unspecified atom stereocenters. The van der Waals surface area contributed by atoms with Gasteiger partial charge in [-0.15, -0.1) is 0 Å². The van der Waals surface area contributed by atoms with Crippen molar-refractivity contribution in [2.75, 3.05) is 0 Å². The lowest BCUT2D eigenvalue weighted by Crippen LogP contribution is -2.41. The van der Waals surface area contributed by atoms with E-state index in [2.05, 4.69) is 36.6 Å². The Morgan fingerprint density at radius 3 is 2.29 bits per heavy atom. The lowest BCUT2D eigenvalue weighted by molar-refractivity contribution is 0.361. The summed E-state index contributed by atoms with van der Waals surface area (Å²) in [5, 5.41) is 0. The Hall–Kier alpha value is -0.860. The Kier molecular flexibility index (Phi) is 4.57. The van der Waals surface area contributed by atoms with Gasteiger partial charge in [-0.05, 0) is 42.7 Å². The lowest BCUT2D eigenvalue weighted by Gasteiger charge is -2.22. The molecule has 0 radical (unpaired) electrons. The van der Waals surface area contributed by atoms with Gasteiger partial charge in [0.15, 0.2) is 0 Å². The Balaban J connectivity index is 1.96. The van der Waals surface area contributed by atoms with E-state index >= 15 is 0 Å². The second-order valence-corrected chi connectivity index (χ2v) is 5.19. The summed E-state index contributed by atoms with van der Waals surface area (Å²) in [5.74, 6) is 6.48. The van der Waals surface area contributed by atoms with Crippen LogP contribution in [0.4, 0.5) is 0 Å². The van der Waals surface area contributed by atoms with Crippen molar-refractivity contribution < 1.29 is 0 Å². The summed E-state index contributed by atoms with van der Waals surface area (Å²) in [5.41, 5.74) is 5.83. The summed E-state index contributed by atoms with van der Waals surface area (Å²) < 4.78 is 0. The predicted molar refractivity (Wildman–Crippen MR) is 72.6 cm³/mol. The molecule has 2 heteroatoms. The van der Waals surface area contributed by atoms with Gasteiger partial charge in [0.1, 0.15) is 0 Å². The van der Waals surface area contributed by atoms with Crippen LogP contribution in [0.1, 0.15) is 43.7 Å². The van der Waals surface area contributed by atoms with Gasteiger partial charge in [0.05, 0.1) is 0 Å². The van der Waals surface area contributed by atoms with Crippen LogP contribution in [0.5, 0.6) is 0 Å². The first-order valence-corrected chi connectivity index (χ1v) is 6.87. The van der Waals surface area contributed by atoms with Crippen molar-refractivity contribution in [3.63, 3.8) is 0 Å². The van der Waals surface area contributed by atoms with Gasteiger partial charge < -0.3 is 0 Å². The van der Waals surface area contributed by atoms with E-state index in [4.69, 9.17) is 5.84 Å². The lowest BCUT2D eigenvalue weighted by atomic mass is 9.92. The molecule has 1 atom stereocenters. The number of hydrazine groups is 1. The Morgan fingerprint density at radius 2 is 1.76 bits per heavy atom. The summed E-state index contributed by atoms with van der Waals surface area (Å²) in [6.07, 6.45) is 7.59. The molecule has 1 aromatic rings. The number of nitrogens with two attached hydrogens (primary N) is 1. The molecule has 1 fully saturated rings. The molecule has 1 aliphatic rings. The van der Waals surface area contributed by atoms with E-state index in [9.17, 15) is 0 Å². The van der Waals surface area contributed by atoms with E-state index in [-0.39, 0.29) is 0 Å². The molecule has 0 bridgehead atoms. The number of benzene rings is 1. The van der Waals surface area contributed by atoms with E-state index in [1.807, 2.05) is 0 Å². The minimum Gasteiger partial charge on any atom is -0.271 e. The largest absolute Gasteiger partial charge is 0.271 e. The maximum Gasteiger partial charge on any atom is 0.0279 e. The second-order valence-electron chi connectivity index (χ2n) is 5.19. The van der Waals surface area contributed by atoms with Gasteiger partial charge in [-0.25, -0.2) is 0 Å². The predicted octanol–water partition coefficient (Wildman–Crippen LogP) is 2.81. The third kappa shape index (κ3) is 3.30. The zero-order valence-electron chi connectivity index (χ0n) is 10.8. The molecule has 1 saturated carbocycles. The van der Waals surface area contributed by atoms with Crippen LogP contribution in [0.3, 0.4) is 0 Å². The number of hydrogen-bond donors (Lipinski definition) is 2. The summed E-state index contributed by atoms with van der Waals surface area (Å²) in [7, 11) is 0. The average molecular weight is 232 g/mol. The fourth-order valence-electron chi connectivity index (χ4n) is 2.89. The second kappa shape index (κ2) is 6.18. The summed E-state index contributed by atoms with van der Waals surface area (Å²) in [6, 6.07) is 9.41. The number of aryl methyl sites for hydroxylation is 1. The van der Waals surface area contributed by atoms with Crippen molar-refractivity contribution in [2.24, 2.45) is 11.8 Å². The van der Waals surface area contributed by atoms with E-state index in [1.165, 1.54) is 36.8 Å². The highest BCUT2D eigenvalue weighted by Crippen LogP contribution is 2.28. The molecule has 0 heterocycles. The molecule has 0 amide bonds. The monoisotopic (exact) mass is 232 g/mol. The molecule has 17 heavy (non-hydrogen) atoms. The quantitative estimate of drug-likeness (QED) is 0.605. The third-order valence-electron chi connectivity index (χ3n) is 4.07. The molecule has 1 aliphatic carbocycles. The molecular weight excluding hydrogens is 208 g/mol. The van der Waals surface area contributed by atoms with E-state index in [0.29, 0.717) is 6.04 Å². The molecule has 0 spiro atoms. The van der Waals surface area contributed by atoms with Crippen molar-refractivity contribution >= 4 is 0 Å². The molecule has 3 N–H and O–H groups in total. The van der Waals surface area contributed by atoms with Crippen LogP contribution in [0, 0.1) is 5.92 Å². The van der Waals surface area contributed by atoms with Crippen LogP contribution in [-0.2, 0) is 12.8 Å². The first kappa shape index (κ1) is 12.6. The van der Waals surface area contributed by atoms with Crippen molar-refractivity contribution in [2.45, 2.75) is 51.5 Å². The Labute approximate surface area is 105 Å². The van der Waals surface area contributed by atoms with E-state index in [0.717, 1.165) is 18.8 Å². The zero-order valence-corrected chi connectivity index (χ0v) is 10.8. The highest BCUT2D eigenvalue weighted by molar-refractivity contribution is 5.23. The SMILES string of the molecule is CCc1ccc(CC(NN)C2CCCC2)cc1. The molecule has 2 rings (SSSR count). The van der Waals surface area contributed by atoms with E-state index in [1.54, 1.807) is 0 Å². The zero-order chi connectivity index (χ0) is 12.1. The summed E-state index contributed by atoms with van der Waals surface area (Å²) >= 11 is 0. The number of rotatable bonds is 5. The fraction of sp³-hybridized carbons (Fsp3) is 0.600. The van der Waals surface area contributed by atoms with Crippen LogP contribution in [0.2, 0.25) is 0 Å². The molecule has 0 aromatic heterocycles. The maximum absolute atomic E-state index is 5.71. The van der Waals surface area contributed by atoms with Gasteiger partial charge in [0.25, 0.3) is 0 Å². The standard InChI is InChI=1S/C15H24N2/c1-2-12-7-9-13(10-8-12)11-15(17-16)14-5-3-4-6-14/h7-10,14-15,17H,2-6,11,16H2,1H3. The Bertz CT molecular complexity index is 325.